The van der Waals surface area contributed by atoms with Crippen molar-refractivity contribution >= 4 is 28.5 Å². The van der Waals surface area contributed by atoms with Crippen LogP contribution in [0.1, 0.15) is 101 Å². The van der Waals surface area contributed by atoms with E-state index in [-0.39, 0.29) is 49.4 Å². The maximum absolute atomic E-state index is 15.1. The van der Waals surface area contributed by atoms with Crippen LogP contribution in [0.5, 0.6) is 11.5 Å². The number of amides is 2. The SMILES string of the molecule is C=CCOC12Oc3ccc(OC(=O)NCC)cc3C3C(CCCCO)C(CCCCO)C=C(C(=NOC4CCCCO4)CC1N(Cc1cccc4ccccc14)C(=O)C1CC1)C32. The van der Waals surface area contributed by atoms with Gasteiger partial charge in [-0.25, -0.2) is 4.79 Å². The molecule has 3 aromatic rings. The summed E-state index contributed by atoms with van der Waals surface area (Å²) in [6.07, 6.45) is 12.2. The molecule has 3 N–H and O–H groups in total. The number of rotatable bonds is 19. The summed E-state index contributed by atoms with van der Waals surface area (Å²) in [4.78, 5) is 36.2. The Hall–Kier alpha value is -4.75. The Morgan fingerprint density at radius 2 is 1.81 bits per heavy atom. The minimum absolute atomic E-state index is 0.0244. The van der Waals surface area contributed by atoms with E-state index < -0.39 is 30.1 Å². The standard InChI is InChI=1S/C50H63N3O9/c1-3-27-59-50-44(53(48(56)34-21-22-34)32-36-17-13-16-33-14-5-6-18-38(33)36)31-42(52-62-45-20-9-12-28-58-45)40-29-35(15-7-10-25-54)39(19-8-11-26-55)46(47(40)50)41-30-37(23-24-43(41)61-50)60-49(57)51-4-2/h3,5-6,13-14,16-18,23-24,29-30,34-35,39,44-47,54-55H,1,4,7-12,15,19-22,25-28,31-32H2,2H3,(H,51,57). The normalized spacial score (nSPS) is 27.0. The van der Waals surface area contributed by atoms with Gasteiger partial charge in [0.25, 0.3) is 0 Å². The molecule has 62 heavy (non-hydrogen) atoms. The monoisotopic (exact) mass is 849 g/mol. The lowest BCUT2D eigenvalue weighted by Gasteiger charge is -2.60. The molecule has 2 saturated carbocycles. The van der Waals surface area contributed by atoms with Crippen molar-refractivity contribution in [3.05, 3.63) is 96.1 Å². The van der Waals surface area contributed by atoms with E-state index in [1.165, 1.54) is 0 Å². The summed E-state index contributed by atoms with van der Waals surface area (Å²) in [5.74, 6) is -1.13. The van der Waals surface area contributed by atoms with Crippen molar-refractivity contribution in [2.75, 3.05) is 33.0 Å². The zero-order chi connectivity index (χ0) is 43.1. The molecule has 12 nitrogen and oxygen atoms in total. The summed E-state index contributed by atoms with van der Waals surface area (Å²) in [6, 6.07) is 19.4. The molecule has 8 rings (SSSR count). The Morgan fingerprint density at radius 3 is 2.56 bits per heavy atom. The Kier molecular flexibility index (Phi) is 14.3. The summed E-state index contributed by atoms with van der Waals surface area (Å²) in [6.45, 7) is 7.62. The molecule has 3 aromatic carbocycles. The number of nitrogens with one attached hydrogen (secondary N) is 1. The number of fused-ring (bicyclic) bond motifs is 3. The predicted octanol–water partition coefficient (Wildman–Crippen LogP) is 8.55. The topological polar surface area (TPSA) is 148 Å². The highest BCUT2D eigenvalue weighted by Gasteiger charge is 2.66. The van der Waals surface area contributed by atoms with Crippen LogP contribution in [-0.2, 0) is 25.7 Å². The highest BCUT2D eigenvalue weighted by molar-refractivity contribution is 6.03. The van der Waals surface area contributed by atoms with E-state index in [1.54, 1.807) is 12.1 Å². The van der Waals surface area contributed by atoms with Crippen LogP contribution >= 0.6 is 0 Å². The van der Waals surface area contributed by atoms with Crippen molar-refractivity contribution in [1.82, 2.24) is 10.2 Å². The first kappa shape index (κ1) is 43.9. The number of aliphatic hydroxyl groups is 2. The molecular formula is C50H63N3O9. The molecule has 2 heterocycles. The van der Waals surface area contributed by atoms with Gasteiger partial charge in [-0.2, -0.15) is 0 Å². The maximum Gasteiger partial charge on any atom is 0.412 e. The molecule has 2 aliphatic heterocycles. The molecule has 7 unspecified atom stereocenters. The van der Waals surface area contributed by atoms with Gasteiger partial charge in [-0.05, 0) is 110 Å². The Morgan fingerprint density at radius 1 is 1.00 bits per heavy atom. The molecule has 1 saturated heterocycles. The van der Waals surface area contributed by atoms with Crippen LogP contribution in [0.3, 0.4) is 0 Å². The molecule has 5 aliphatic rings. The molecule has 332 valence electrons. The minimum Gasteiger partial charge on any atom is -0.459 e. The number of carbonyl (C=O) groups is 2. The molecule has 3 aliphatic carbocycles. The smallest absolute Gasteiger partial charge is 0.412 e. The Labute approximate surface area is 365 Å². The van der Waals surface area contributed by atoms with E-state index in [0.717, 1.165) is 91.0 Å². The number of allylic oxidation sites excluding steroid dienone is 1. The lowest BCUT2D eigenvalue weighted by Crippen LogP contribution is -2.70. The van der Waals surface area contributed by atoms with Gasteiger partial charge in [0.15, 0.2) is 0 Å². The van der Waals surface area contributed by atoms with Crippen LogP contribution in [-0.4, -0.2) is 83.9 Å². The van der Waals surface area contributed by atoms with Crippen molar-refractivity contribution in [2.24, 2.45) is 28.8 Å². The quantitative estimate of drug-likeness (QED) is 0.0613. The van der Waals surface area contributed by atoms with Crippen LogP contribution in [0, 0.1) is 23.7 Å². The van der Waals surface area contributed by atoms with E-state index in [4.69, 9.17) is 28.9 Å². The number of hydrogen-bond donors (Lipinski definition) is 3. The first-order chi connectivity index (χ1) is 30.4. The van der Waals surface area contributed by atoms with Crippen molar-refractivity contribution in [3.63, 3.8) is 0 Å². The third-order valence-electron chi connectivity index (χ3n) is 13.4. The summed E-state index contributed by atoms with van der Waals surface area (Å²) in [5, 5.41) is 29.9. The Bertz CT molecular complexity index is 2110. The lowest BCUT2D eigenvalue weighted by molar-refractivity contribution is -0.258. The average Bonchev–Trinajstić information content (AvgIpc) is 4.15. The number of unbranched alkanes of at least 4 members (excludes halogenated alkanes) is 2. The second-order valence-corrected chi connectivity index (χ2v) is 17.5. The molecule has 2 amide bonds. The number of oxime groups is 1. The molecule has 12 heteroatoms. The van der Waals surface area contributed by atoms with Gasteiger partial charge in [0.1, 0.15) is 17.5 Å². The third-order valence-corrected chi connectivity index (χ3v) is 13.4. The van der Waals surface area contributed by atoms with Gasteiger partial charge in [-0.1, -0.05) is 72.6 Å². The van der Waals surface area contributed by atoms with Crippen LogP contribution in [0.25, 0.3) is 10.8 Å². The van der Waals surface area contributed by atoms with Crippen molar-refractivity contribution < 1.29 is 43.6 Å². The summed E-state index contributed by atoms with van der Waals surface area (Å²) >= 11 is 0. The van der Waals surface area contributed by atoms with E-state index in [0.29, 0.717) is 50.5 Å². The van der Waals surface area contributed by atoms with Crippen molar-refractivity contribution in [1.29, 1.82) is 0 Å². The average molecular weight is 850 g/mol. The molecule has 3 fully saturated rings. The second-order valence-electron chi connectivity index (χ2n) is 17.5. The highest BCUT2D eigenvalue weighted by Crippen LogP contribution is 2.62. The largest absolute Gasteiger partial charge is 0.459 e. The fraction of sp³-hybridized carbons (Fsp3) is 0.540. The highest BCUT2D eigenvalue weighted by atomic mass is 16.8. The predicted molar refractivity (Wildman–Crippen MR) is 237 cm³/mol. The second kappa shape index (κ2) is 20.2. The molecule has 0 bridgehead atoms. The van der Waals surface area contributed by atoms with Gasteiger partial charge in [-0.15, -0.1) is 6.58 Å². The molecule has 0 radical (unpaired) electrons. The van der Waals surface area contributed by atoms with E-state index in [2.05, 4.69) is 42.2 Å². The van der Waals surface area contributed by atoms with Crippen LogP contribution in [0.2, 0.25) is 0 Å². The van der Waals surface area contributed by atoms with Crippen LogP contribution in [0.15, 0.2) is 90.1 Å². The number of ether oxygens (including phenoxy) is 4. The lowest BCUT2D eigenvalue weighted by atomic mass is 9.55. The minimum atomic E-state index is -1.40. The van der Waals surface area contributed by atoms with Gasteiger partial charge >= 0.3 is 6.09 Å². The van der Waals surface area contributed by atoms with Gasteiger partial charge < -0.3 is 44.2 Å². The zero-order valence-electron chi connectivity index (χ0n) is 36.1. The summed E-state index contributed by atoms with van der Waals surface area (Å²) in [7, 11) is 0. The van der Waals surface area contributed by atoms with Crippen LogP contribution < -0.4 is 14.8 Å². The van der Waals surface area contributed by atoms with Crippen molar-refractivity contribution in [3.8, 4) is 11.5 Å². The molecular weight excluding hydrogens is 787 g/mol. The number of aliphatic hydroxyl groups excluding tert-OH is 2. The van der Waals surface area contributed by atoms with Crippen LogP contribution in [0.4, 0.5) is 4.79 Å². The molecule has 7 atom stereocenters. The number of hydrogen-bond acceptors (Lipinski definition) is 10. The van der Waals surface area contributed by atoms with Gasteiger partial charge in [0.05, 0.1) is 24.8 Å². The van der Waals surface area contributed by atoms with Gasteiger partial charge in [-0.3, -0.25) is 4.79 Å². The first-order valence-corrected chi connectivity index (χ1v) is 23.0. The van der Waals surface area contributed by atoms with E-state index in [1.807, 2.05) is 42.2 Å². The third kappa shape index (κ3) is 9.30. The molecule has 0 aromatic heterocycles. The fourth-order valence-electron chi connectivity index (χ4n) is 10.4. The molecule has 0 spiro atoms. The zero-order valence-corrected chi connectivity index (χ0v) is 36.1. The number of benzene rings is 3. The van der Waals surface area contributed by atoms with E-state index >= 15 is 4.79 Å². The summed E-state index contributed by atoms with van der Waals surface area (Å²) in [5.41, 5.74) is 3.58. The summed E-state index contributed by atoms with van der Waals surface area (Å²) < 4.78 is 26.5. The number of carbonyl (C=O) groups excluding carboxylic acids is 2. The first-order valence-electron chi connectivity index (χ1n) is 23.0. The van der Waals surface area contributed by atoms with Crippen molar-refractivity contribution in [2.45, 2.75) is 115 Å². The maximum atomic E-state index is 15.1. The van der Waals surface area contributed by atoms with Gasteiger partial charge in [0, 0.05) is 56.5 Å². The van der Waals surface area contributed by atoms with E-state index in [9.17, 15) is 15.0 Å². The van der Waals surface area contributed by atoms with Gasteiger partial charge in [0.2, 0.25) is 18.0 Å². The Balaban J connectivity index is 1.34. The fourth-order valence-corrected chi connectivity index (χ4v) is 10.4. The number of nitrogens with zero attached hydrogens (tertiary/aromatic N) is 2.